The molecule has 92 valence electrons. The van der Waals surface area contributed by atoms with E-state index in [0.29, 0.717) is 11.3 Å². The maximum absolute atomic E-state index is 4.33. The van der Waals surface area contributed by atoms with Crippen molar-refractivity contribution in [1.29, 1.82) is 0 Å². The van der Waals surface area contributed by atoms with Gasteiger partial charge in [-0.25, -0.2) is 0 Å². The van der Waals surface area contributed by atoms with Crippen molar-refractivity contribution in [2.45, 2.75) is 45.5 Å². The van der Waals surface area contributed by atoms with Gasteiger partial charge in [0.2, 0.25) is 0 Å². The lowest BCUT2D eigenvalue weighted by molar-refractivity contribution is 0.526. The molecule has 0 aromatic carbocycles. The summed E-state index contributed by atoms with van der Waals surface area (Å²) in [5, 5.41) is 8.55. The second-order valence-corrected chi connectivity index (χ2v) is 5.67. The molecule has 1 aromatic rings. The largest absolute Gasteiger partial charge is 0.308 e. The molecule has 0 saturated carbocycles. The number of nitrogens with one attached hydrogen (secondary N) is 1. The highest BCUT2D eigenvalue weighted by Crippen LogP contribution is 2.21. The summed E-state index contributed by atoms with van der Waals surface area (Å²) in [6.07, 6.45) is 1.89. The second kappa shape index (κ2) is 6.97. The first-order valence-electron chi connectivity index (χ1n) is 6.05. The van der Waals surface area contributed by atoms with Crippen LogP contribution in [0.5, 0.6) is 0 Å². The molecule has 0 aliphatic carbocycles. The Morgan fingerprint density at radius 2 is 2.19 bits per heavy atom. The van der Waals surface area contributed by atoms with Crippen LogP contribution in [0.25, 0.3) is 0 Å². The van der Waals surface area contributed by atoms with E-state index in [-0.39, 0.29) is 0 Å². The van der Waals surface area contributed by atoms with E-state index >= 15 is 0 Å². The van der Waals surface area contributed by atoms with E-state index in [1.165, 1.54) is 5.69 Å². The van der Waals surface area contributed by atoms with Gasteiger partial charge in [-0.05, 0) is 24.8 Å². The van der Waals surface area contributed by atoms with Crippen LogP contribution >= 0.6 is 11.8 Å². The van der Waals surface area contributed by atoms with Gasteiger partial charge in [-0.2, -0.15) is 16.9 Å². The van der Waals surface area contributed by atoms with Crippen molar-refractivity contribution in [3.05, 3.63) is 18.0 Å². The summed E-state index contributed by atoms with van der Waals surface area (Å²) < 4.78 is 2.08. The Labute approximate surface area is 103 Å². The number of hydrogen-bond donors (Lipinski definition) is 1. The topological polar surface area (TPSA) is 29.9 Å². The zero-order valence-electron chi connectivity index (χ0n) is 10.7. The molecule has 1 rings (SSSR count). The average molecular weight is 241 g/mol. The third-order valence-corrected chi connectivity index (χ3v) is 3.65. The summed E-state index contributed by atoms with van der Waals surface area (Å²) in [6.45, 7) is 10.7. The number of hydrogen-bond acceptors (Lipinski definition) is 3. The van der Waals surface area contributed by atoms with Gasteiger partial charge in [-0.1, -0.05) is 20.8 Å². The Morgan fingerprint density at radius 1 is 1.44 bits per heavy atom. The number of thioether (sulfide) groups is 1. The molecule has 1 heterocycles. The van der Waals surface area contributed by atoms with Gasteiger partial charge >= 0.3 is 0 Å². The second-order valence-electron chi connectivity index (χ2n) is 4.06. The molecule has 0 aliphatic rings. The van der Waals surface area contributed by atoms with Crippen LogP contribution in [0.15, 0.2) is 12.3 Å². The standard InChI is InChI=1S/C12H23N3S/c1-5-13-11(9-16-10(3)4)12-7-8-14-15(12)6-2/h7-8,10-11,13H,5-6,9H2,1-4H3. The normalized spacial score (nSPS) is 13.3. The fourth-order valence-electron chi connectivity index (χ4n) is 1.69. The first-order valence-corrected chi connectivity index (χ1v) is 7.10. The van der Waals surface area contributed by atoms with Crippen molar-refractivity contribution >= 4 is 11.8 Å². The molecular formula is C12H23N3S. The molecule has 0 amide bonds. The summed E-state index contributed by atoms with van der Waals surface area (Å²) >= 11 is 1.99. The molecule has 1 aromatic heterocycles. The molecule has 0 radical (unpaired) electrons. The van der Waals surface area contributed by atoms with Crippen molar-refractivity contribution < 1.29 is 0 Å². The highest BCUT2D eigenvalue weighted by atomic mass is 32.2. The van der Waals surface area contributed by atoms with Crippen LogP contribution in [0.4, 0.5) is 0 Å². The monoisotopic (exact) mass is 241 g/mol. The van der Waals surface area contributed by atoms with E-state index in [1.807, 2.05) is 18.0 Å². The van der Waals surface area contributed by atoms with Crippen molar-refractivity contribution in [3.63, 3.8) is 0 Å². The minimum Gasteiger partial charge on any atom is -0.308 e. The number of nitrogens with zero attached hydrogens (tertiary/aromatic N) is 2. The fourth-order valence-corrected chi connectivity index (χ4v) is 2.55. The minimum absolute atomic E-state index is 0.417. The van der Waals surface area contributed by atoms with Gasteiger partial charge in [0.15, 0.2) is 0 Å². The summed E-state index contributed by atoms with van der Waals surface area (Å²) in [7, 11) is 0. The van der Waals surface area contributed by atoms with Crippen LogP contribution in [-0.4, -0.2) is 27.3 Å². The summed E-state index contributed by atoms with van der Waals surface area (Å²) in [6, 6.07) is 2.54. The third-order valence-electron chi connectivity index (χ3n) is 2.45. The van der Waals surface area contributed by atoms with Crippen LogP contribution in [0, 0.1) is 0 Å². The van der Waals surface area contributed by atoms with Crippen molar-refractivity contribution in [2.75, 3.05) is 12.3 Å². The molecule has 4 heteroatoms. The molecule has 1 unspecified atom stereocenters. The van der Waals surface area contributed by atoms with Gasteiger partial charge in [0.25, 0.3) is 0 Å². The zero-order chi connectivity index (χ0) is 12.0. The van der Waals surface area contributed by atoms with Gasteiger partial charge in [0.1, 0.15) is 0 Å². The molecule has 1 atom stereocenters. The maximum atomic E-state index is 4.33. The van der Waals surface area contributed by atoms with Crippen LogP contribution in [0.3, 0.4) is 0 Å². The first-order chi connectivity index (χ1) is 7.69. The summed E-state index contributed by atoms with van der Waals surface area (Å²) in [5.74, 6) is 1.11. The van der Waals surface area contributed by atoms with E-state index in [9.17, 15) is 0 Å². The predicted octanol–water partition coefficient (Wildman–Crippen LogP) is 2.70. The minimum atomic E-state index is 0.417. The lowest BCUT2D eigenvalue weighted by atomic mass is 10.2. The summed E-state index contributed by atoms with van der Waals surface area (Å²) in [5.41, 5.74) is 1.30. The molecule has 3 nitrogen and oxygen atoms in total. The van der Waals surface area contributed by atoms with E-state index in [4.69, 9.17) is 0 Å². The Bertz CT molecular complexity index is 296. The van der Waals surface area contributed by atoms with Crippen LogP contribution in [-0.2, 0) is 6.54 Å². The van der Waals surface area contributed by atoms with Crippen molar-refractivity contribution in [2.24, 2.45) is 0 Å². The van der Waals surface area contributed by atoms with E-state index in [1.54, 1.807) is 0 Å². The average Bonchev–Trinajstić information content (AvgIpc) is 2.71. The maximum Gasteiger partial charge on any atom is 0.0583 e. The predicted molar refractivity (Wildman–Crippen MR) is 71.9 cm³/mol. The number of rotatable bonds is 7. The van der Waals surface area contributed by atoms with Gasteiger partial charge < -0.3 is 5.32 Å². The zero-order valence-corrected chi connectivity index (χ0v) is 11.5. The smallest absolute Gasteiger partial charge is 0.0583 e. The third kappa shape index (κ3) is 3.83. The highest BCUT2D eigenvalue weighted by Gasteiger charge is 2.15. The fraction of sp³-hybridized carbons (Fsp3) is 0.750. The van der Waals surface area contributed by atoms with Crippen LogP contribution < -0.4 is 5.32 Å². The van der Waals surface area contributed by atoms with Gasteiger partial charge in [0, 0.05) is 18.5 Å². The first kappa shape index (κ1) is 13.6. The van der Waals surface area contributed by atoms with Gasteiger partial charge in [-0.15, -0.1) is 0 Å². The van der Waals surface area contributed by atoms with Gasteiger partial charge in [-0.3, -0.25) is 4.68 Å². The Hall–Kier alpha value is -0.480. The van der Waals surface area contributed by atoms with Crippen LogP contribution in [0.2, 0.25) is 0 Å². The quantitative estimate of drug-likeness (QED) is 0.796. The van der Waals surface area contributed by atoms with Crippen molar-refractivity contribution in [3.8, 4) is 0 Å². The Kier molecular flexibility index (Phi) is 5.91. The van der Waals surface area contributed by atoms with E-state index < -0.39 is 0 Å². The highest BCUT2D eigenvalue weighted by molar-refractivity contribution is 7.99. The Balaban J connectivity index is 2.68. The molecule has 0 saturated heterocycles. The SMILES string of the molecule is CCNC(CSC(C)C)c1ccnn1CC. The molecular weight excluding hydrogens is 218 g/mol. The molecule has 0 bridgehead atoms. The van der Waals surface area contributed by atoms with Gasteiger partial charge in [0.05, 0.1) is 11.7 Å². The summed E-state index contributed by atoms with van der Waals surface area (Å²) in [4.78, 5) is 0. The Morgan fingerprint density at radius 3 is 2.75 bits per heavy atom. The molecule has 0 aliphatic heterocycles. The van der Waals surface area contributed by atoms with Crippen molar-refractivity contribution in [1.82, 2.24) is 15.1 Å². The molecule has 0 fully saturated rings. The molecule has 0 spiro atoms. The molecule has 1 N–H and O–H groups in total. The molecule has 16 heavy (non-hydrogen) atoms. The number of aromatic nitrogens is 2. The van der Waals surface area contributed by atoms with E-state index in [0.717, 1.165) is 18.8 Å². The number of aryl methyl sites for hydroxylation is 1. The lowest BCUT2D eigenvalue weighted by Crippen LogP contribution is -2.26. The van der Waals surface area contributed by atoms with Crippen LogP contribution in [0.1, 0.15) is 39.4 Å². The van der Waals surface area contributed by atoms with E-state index in [2.05, 4.69) is 48.9 Å². The lowest BCUT2D eigenvalue weighted by Gasteiger charge is -2.19.